The number of rotatable bonds is 6. The molecule has 0 unspecified atom stereocenters. The molecule has 1 aromatic rings. The van der Waals surface area contributed by atoms with Gasteiger partial charge < -0.3 is 5.32 Å². The fraction of sp³-hybridized carbons (Fsp3) is 0.812. The molecule has 3 heteroatoms. The van der Waals surface area contributed by atoms with Crippen LogP contribution in [0.2, 0.25) is 0 Å². The van der Waals surface area contributed by atoms with Crippen molar-refractivity contribution < 1.29 is 0 Å². The Labute approximate surface area is 122 Å². The highest BCUT2D eigenvalue weighted by molar-refractivity contribution is 7.11. The van der Waals surface area contributed by atoms with Gasteiger partial charge in [-0.25, -0.2) is 4.98 Å². The van der Waals surface area contributed by atoms with Crippen LogP contribution in [0.15, 0.2) is 0 Å². The number of thiazole rings is 1. The molecule has 0 radical (unpaired) electrons. The summed E-state index contributed by atoms with van der Waals surface area (Å²) >= 11 is 1.97. The summed E-state index contributed by atoms with van der Waals surface area (Å²) < 4.78 is 0. The first-order valence-corrected chi connectivity index (χ1v) is 8.74. The minimum absolute atomic E-state index is 0.548. The minimum Gasteiger partial charge on any atom is -0.312 e. The van der Waals surface area contributed by atoms with E-state index in [1.54, 1.807) is 0 Å². The van der Waals surface area contributed by atoms with E-state index in [4.69, 9.17) is 4.98 Å². The van der Waals surface area contributed by atoms with Crippen molar-refractivity contribution in [2.45, 2.75) is 77.7 Å². The highest BCUT2D eigenvalue weighted by Crippen LogP contribution is 2.37. The van der Waals surface area contributed by atoms with Crippen molar-refractivity contribution in [3.63, 3.8) is 0 Å². The zero-order valence-electron chi connectivity index (χ0n) is 12.7. The Bertz CT molecular complexity index is 378. The summed E-state index contributed by atoms with van der Waals surface area (Å²) in [5.74, 6) is 1.29. The maximum absolute atomic E-state index is 4.99. The van der Waals surface area contributed by atoms with Crippen LogP contribution in [-0.2, 0) is 6.54 Å². The molecule has 2 nitrogen and oxygen atoms in total. The molecule has 0 aromatic carbocycles. The first kappa shape index (κ1) is 15.0. The molecule has 1 aliphatic carbocycles. The van der Waals surface area contributed by atoms with Crippen molar-refractivity contribution in [3.05, 3.63) is 15.6 Å². The predicted octanol–water partition coefficient (Wildman–Crippen LogP) is 4.81. The van der Waals surface area contributed by atoms with E-state index in [0.717, 1.165) is 19.0 Å². The molecule has 1 fully saturated rings. The number of hydrogen-bond donors (Lipinski definition) is 1. The summed E-state index contributed by atoms with van der Waals surface area (Å²) in [6, 6.07) is 0. The first-order chi connectivity index (χ1) is 9.22. The lowest BCUT2D eigenvalue weighted by Crippen LogP contribution is -2.14. The van der Waals surface area contributed by atoms with Crippen LogP contribution in [0.25, 0.3) is 0 Å². The topological polar surface area (TPSA) is 24.9 Å². The number of nitrogens with zero attached hydrogens (tertiary/aromatic N) is 1. The Morgan fingerprint density at radius 2 is 2.00 bits per heavy atom. The zero-order chi connectivity index (χ0) is 13.7. The van der Waals surface area contributed by atoms with Crippen LogP contribution in [0.4, 0.5) is 0 Å². The molecule has 1 saturated carbocycles. The molecule has 2 rings (SSSR count). The molecule has 19 heavy (non-hydrogen) atoms. The Kier molecular flexibility index (Phi) is 5.83. The highest BCUT2D eigenvalue weighted by Gasteiger charge is 2.22. The van der Waals surface area contributed by atoms with E-state index in [2.05, 4.69) is 26.1 Å². The second-order valence-corrected chi connectivity index (χ2v) is 7.14. The van der Waals surface area contributed by atoms with Gasteiger partial charge in [0.15, 0.2) is 0 Å². The van der Waals surface area contributed by atoms with Crippen molar-refractivity contribution in [1.82, 2.24) is 10.3 Å². The quantitative estimate of drug-likeness (QED) is 0.756. The predicted molar refractivity (Wildman–Crippen MR) is 84.0 cm³/mol. The SMILES string of the molecule is CCCNCc1sc(C2CCCCC2)nc1C(C)C. The van der Waals surface area contributed by atoms with Gasteiger partial charge in [0.05, 0.1) is 10.7 Å². The second kappa shape index (κ2) is 7.39. The smallest absolute Gasteiger partial charge is 0.0962 e. The largest absolute Gasteiger partial charge is 0.312 e. The molecule has 0 bridgehead atoms. The molecular weight excluding hydrogens is 252 g/mol. The van der Waals surface area contributed by atoms with Crippen LogP contribution in [0.1, 0.15) is 86.7 Å². The van der Waals surface area contributed by atoms with Crippen molar-refractivity contribution >= 4 is 11.3 Å². The number of nitrogens with one attached hydrogen (secondary N) is 1. The van der Waals surface area contributed by atoms with Crippen molar-refractivity contribution in [2.75, 3.05) is 6.54 Å². The lowest BCUT2D eigenvalue weighted by atomic mass is 9.90. The minimum atomic E-state index is 0.548. The van der Waals surface area contributed by atoms with E-state index in [1.807, 2.05) is 11.3 Å². The van der Waals surface area contributed by atoms with Crippen LogP contribution in [0.3, 0.4) is 0 Å². The first-order valence-electron chi connectivity index (χ1n) is 7.92. The normalized spacial score (nSPS) is 17.3. The van der Waals surface area contributed by atoms with Gasteiger partial charge in [0.2, 0.25) is 0 Å². The summed E-state index contributed by atoms with van der Waals surface area (Å²) in [5.41, 5.74) is 1.34. The third kappa shape index (κ3) is 4.03. The lowest BCUT2D eigenvalue weighted by molar-refractivity contribution is 0.441. The molecule has 0 aliphatic heterocycles. The van der Waals surface area contributed by atoms with Gasteiger partial charge >= 0.3 is 0 Å². The number of aromatic nitrogens is 1. The van der Waals surface area contributed by atoms with E-state index >= 15 is 0 Å². The molecule has 108 valence electrons. The third-order valence-electron chi connectivity index (χ3n) is 3.96. The van der Waals surface area contributed by atoms with Gasteiger partial charge in [-0.1, -0.05) is 40.0 Å². The maximum Gasteiger partial charge on any atom is 0.0962 e. The molecule has 1 aliphatic rings. The van der Waals surface area contributed by atoms with Gasteiger partial charge in [-0.05, 0) is 31.7 Å². The summed E-state index contributed by atoms with van der Waals surface area (Å²) in [4.78, 5) is 6.47. The molecular formula is C16H28N2S. The second-order valence-electron chi connectivity index (χ2n) is 6.03. The average Bonchev–Trinajstić information content (AvgIpc) is 2.84. The maximum atomic E-state index is 4.99. The van der Waals surface area contributed by atoms with Crippen LogP contribution >= 0.6 is 11.3 Å². The standard InChI is InChI=1S/C16H28N2S/c1-4-10-17-11-14-15(12(2)3)18-16(19-14)13-8-6-5-7-9-13/h12-13,17H,4-11H2,1-3H3. The van der Waals surface area contributed by atoms with Gasteiger partial charge in [0, 0.05) is 17.3 Å². The Morgan fingerprint density at radius 3 is 2.63 bits per heavy atom. The van der Waals surface area contributed by atoms with E-state index < -0.39 is 0 Å². The third-order valence-corrected chi connectivity index (χ3v) is 5.19. The Balaban J connectivity index is 2.09. The summed E-state index contributed by atoms with van der Waals surface area (Å²) in [5, 5.41) is 4.95. The van der Waals surface area contributed by atoms with Gasteiger partial charge in [-0.3, -0.25) is 0 Å². The lowest BCUT2D eigenvalue weighted by Gasteiger charge is -2.19. The molecule has 0 saturated heterocycles. The summed E-state index contributed by atoms with van der Waals surface area (Å²) in [7, 11) is 0. The van der Waals surface area contributed by atoms with Gasteiger partial charge in [-0.2, -0.15) is 0 Å². The molecule has 1 heterocycles. The van der Waals surface area contributed by atoms with Crippen molar-refractivity contribution in [1.29, 1.82) is 0 Å². The summed E-state index contributed by atoms with van der Waals surface area (Å²) in [6.07, 6.45) is 8.12. The molecule has 1 N–H and O–H groups in total. The monoisotopic (exact) mass is 280 g/mol. The van der Waals surface area contributed by atoms with E-state index in [9.17, 15) is 0 Å². The van der Waals surface area contributed by atoms with Gasteiger partial charge in [0.25, 0.3) is 0 Å². The van der Waals surface area contributed by atoms with Crippen molar-refractivity contribution in [3.8, 4) is 0 Å². The van der Waals surface area contributed by atoms with E-state index in [0.29, 0.717) is 5.92 Å². The van der Waals surface area contributed by atoms with E-state index in [1.165, 1.54) is 54.1 Å². The molecule has 0 spiro atoms. The Hall–Kier alpha value is -0.410. The fourth-order valence-electron chi connectivity index (χ4n) is 2.86. The van der Waals surface area contributed by atoms with Crippen molar-refractivity contribution in [2.24, 2.45) is 0 Å². The Morgan fingerprint density at radius 1 is 1.26 bits per heavy atom. The highest BCUT2D eigenvalue weighted by atomic mass is 32.1. The van der Waals surface area contributed by atoms with Crippen LogP contribution in [0.5, 0.6) is 0 Å². The molecule has 0 atom stereocenters. The van der Waals surface area contributed by atoms with Crippen LogP contribution in [0, 0.1) is 0 Å². The van der Waals surface area contributed by atoms with Gasteiger partial charge in [-0.15, -0.1) is 11.3 Å². The van der Waals surface area contributed by atoms with E-state index in [-0.39, 0.29) is 0 Å². The zero-order valence-corrected chi connectivity index (χ0v) is 13.5. The number of hydrogen-bond acceptors (Lipinski definition) is 3. The molecule has 1 aromatic heterocycles. The van der Waals surface area contributed by atoms with Crippen LogP contribution < -0.4 is 5.32 Å². The summed E-state index contributed by atoms with van der Waals surface area (Å²) in [6.45, 7) is 8.86. The van der Waals surface area contributed by atoms with Crippen LogP contribution in [-0.4, -0.2) is 11.5 Å². The average molecular weight is 280 g/mol. The van der Waals surface area contributed by atoms with Gasteiger partial charge in [0.1, 0.15) is 0 Å². The molecule has 0 amide bonds. The fourth-order valence-corrected chi connectivity index (χ4v) is 4.22.